The Balaban J connectivity index is 1.90. The molecule has 0 saturated heterocycles. The van der Waals surface area contributed by atoms with Gasteiger partial charge in [-0.15, -0.1) is 11.3 Å². The van der Waals surface area contributed by atoms with Gasteiger partial charge < -0.3 is 10.1 Å². The summed E-state index contributed by atoms with van der Waals surface area (Å²) in [5, 5.41) is 6.65. The molecule has 0 atom stereocenters. The van der Waals surface area contributed by atoms with Crippen molar-refractivity contribution in [3.8, 4) is 5.75 Å². The molecular weight excluding hydrogens is 268 g/mol. The van der Waals surface area contributed by atoms with Crippen molar-refractivity contribution in [2.75, 3.05) is 0 Å². The van der Waals surface area contributed by atoms with Crippen LogP contribution in [0.1, 0.15) is 37.0 Å². The largest absolute Gasteiger partial charge is 0.487 e. The standard InChI is InChI=1S/C16H22N2OS/c1-4-16-18-14(11-20-16)10-19-15-7-5-6-13(8-15)9-17-12(2)3/h5-8,11-12,17H,4,9-10H2,1-3H3. The molecule has 0 saturated carbocycles. The Morgan fingerprint density at radius 3 is 2.90 bits per heavy atom. The van der Waals surface area contributed by atoms with E-state index >= 15 is 0 Å². The lowest BCUT2D eigenvalue weighted by atomic mass is 10.2. The highest BCUT2D eigenvalue weighted by molar-refractivity contribution is 7.09. The molecule has 2 rings (SSSR count). The maximum Gasteiger partial charge on any atom is 0.131 e. The monoisotopic (exact) mass is 290 g/mol. The Hall–Kier alpha value is -1.39. The molecule has 0 aliphatic carbocycles. The van der Waals surface area contributed by atoms with E-state index in [1.807, 2.05) is 12.1 Å². The molecule has 0 bridgehead atoms. The quantitative estimate of drug-likeness (QED) is 0.842. The van der Waals surface area contributed by atoms with Gasteiger partial charge in [0, 0.05) is 18.0 Å². The maximum atomic E-state index is 5.81. The molecule has 1 aromatic carbocycles. The minimum atomic E-state index is 0.488. The summed E-state index contributed by atoms with van der Waals surface area (Å²) < 4.78 is 5.81. The molecule has 1 N–H and O–H groups in total. The summed E-state index contributed by atoms with van der Waals surface area (Å²) in [6.45, 7) is 7.82. The van der Waals surface area contributed by atoms with Gasteiger partial charge in [-0.2, -0.15) is 0 Å². The zero-order valence-electron chi connectivity index (χ0n) is 12.3. The van der Waals surface area contributed by atoms with E-state index in [1.54, 1.807) is 11.3 Å². The van der Waals surface area contributed by atoms with Gasteiger partial charge in [-0.1, -0.05) is 32.9 Å². The van der Waals surface area contributed by atoms with E-state index in [9.17, 15) is 0 Å². The summed E-state index contributed by atoms with van der Waals surface area (Å²) >= 11 is 1.70. The molecule has 0 aliphatic rings. The first-order valence-electron chi connectivity index (χ1n) is 7.05. The zero-order chi connectivity index (χ0) is 14.4. The Bertz CT molecular complexity index is 537. The van der Waals surface area contributed by atoms with Crippen LogP contribution in [0.25, 0.3) is 0 Å². The van der Waals surface area contributed by atoms with Crippen LogP contribution in [-0.4, -0.2) is 11.0 Å². The topological polar surface area (TPSA) is 34.1 Å². The van der Waals surface area contributed by atoms with Crippen molar-refractivity contribution in [2.24, 2.45) is 0 Å². The fourth-order valence-electron chi connectivity index (χ4n) is 1.80. The van der Waals surface area contributed by atoms with Crippen molar-refractivity contribution in [3.63, 3.8) is 0 Å². The summed E-state index contributed by atoms with van der Waals surface area (Å²) in [6.07, 6.45) is 0.987. The number of rotatable bonds is 7. The first-order chi connectivity index (χ1) is 9.67. The Kier molecular flexibility index (Phi) is 5.56. The number of thiazole rings is 1. The van der Waals surface area contributed by atoms with Crippen LogP contribution in [-0.2, 0) is 19.6 Å². The van der Waals surface area contributed by atoms with E-state index in [1.165, 1.54) is 10.6 Å². The number of aryl methyl sites for hydroxylation is 1. The number of aromatic nitrogens is 1. The van der Waals surface area contributed by atoms with Crippen molar-refractivity contribution < 1.29 is 4.74 Å². The number of benzene rings is 1. The van der Waals surface area contributed by atoms with Gasteiger partial charge in [-0.25, -0.2) is 4.98 Å². The van der Waals surface area contributed by atoms with E-state index in [2.05, 4.69) is 48.6 Å². The number of hydrogen-bond acceptors (Lipinski definition) is 4. The highest BCUT2D eigenvalue weighted by Crippen LogP contribution is 2.16. The molecule has 1 heterocycles. The van der Waals surface area contributed by atoms with E-state index < -0.39 is 0 Å². The predicted octanol–water partition coefficient (Wildman–Crippen LogP) is 3.78. The van der Waals surface area contributed by atoms with Crippen LogP contribution in [0.3, 0.4) is 0 Å². The van der Waals surface area contributed by atoms with Gasteiger partial charge in [0.05, 0.1) is 10.7 Å². The Labute approximate surface area is 125 Å². The van der Waals surface area contributed by atoms with E-state index in [0.29, 0.717) is 12.6 Å². The van der Waals surface area contributed by atoms with Crippen LogP contribution in [0.2, 0.25) is 0 Å². The molecule has 4 heteroatoms. The summed E-state index contributed by atoms with van der Waals surface area (Å²) in [5.41, 5.74) is 2.25. The molecule has 0 radical (unpaired) electrons. The molecular formula is C16H22N2OS. The zero-order valence-corrected chi connectivity index (χ0v) is 13.2. The SMILES string of the molecule is CCc1nc(COc2cccc(CNC(C)C)c2)cs1. The first-order valence-corrected chi connectivity index (χ1v) is 7.93. The lowest BCUT2D eigenvalue weighted by Crippen LogP contribution is -2.21. The predicted molar refractivity (Wildman–Crippen MR) is 84.2 cm³/mol. The number of ether oxygens (including phenoxy) is 1. The fourth-order valence-corrected chi connectivity index (χ4v) is 2.53. The van der Waals surface area contributed by atoms with Crippen molar-refractivity contribution in [3.05, 3.63) is 45.9 Å². The average molecular weight is 290 g/mol. The van der Waals surface area contributed by atoms with Crippen molar-refractivity contribution in [2.45, 2.75) is 46.4 Å². The highest BCUT2D eigenvalue weighted by Gasteiger charge is 2.02. The normalized spacial score (nSPS) is 11.0. The third-order valence-electron chi connectivity index (χ3n) is 2.90. The van der Waals surface area contributed by atoms with Gasteiger partial charge in [0.2, 0.25) is 0 Å². The number of hydrogen-bond donors (Lipinski definition) is 1. The van der Waals surface area contributed by atoms with E-state index in [-0.39, 0.29) is 0 Å². The fraction of sp³-hybridized carbons (Fsp3) is 0.438. The summed E-state index contributed by atoms with van der Waals surface area (Å²) in [4.78, 5) is 4.51. The molecule has 0 amide bonds. The molecule has 2 aromatic rings. The average Bonchev–Trinajstić information content (AvgIpc) is 2.91. The summed E-state index contributed by atoms with van der Waals surface area (Å²) in [7, 11) is 0. The minimum absolute atomic E-state index is 0.488. The molecule has 0 aliphatic heterocycles. The van der Waals surface area contributed by atoms with Crippen LogP contribution in [0.15, 0.2) is 29.6 Å². The Morgan fingerprint density at radius 2 is 2.20 bits per heavy atom. The van der Waals surface area contributed by atoms with Gasteiger partial charge in [0.25, 0.3) is 0 Å². The third kappa shape index (κ3) is 4.62. The lowest BCUT2D eigenvalue weighted by molar-refractivity contribution is 0.301. The second-order valence-electron chi connectivity index (χ2n) is 5.06. The lowest BCUT2D eigenvalue weighted by Gasteiger charge is -2.10. The molecule has 108 valence electrons. The van der Waals surface area contributed by atoms with Crippen molar-refractivity contribution in [1.29, 1.82) is 0 Å². The smallest absolute Gasteiger partial charge is 0.131 e. The second-order valence-corrected chi connectivity index (χ2v) is 6.00. The van der Waals surface area contributed by atoms with Gasteiger partial charge in [-0.05, 0) is 24.1 Å². The Morgan fingerprint density at radius 1 is 1.35 bits per heavy atom. The van der Waals surface area contributed by atoms with Crippen LogP contribution in [0, 0.1) is 0 Å². The molecule has 0 spiro atoms. The van der Waals surface area contributed by atoms with Crippen LogP contribution >= 0.6 is 11.3 Å². The molecule has 3 nitrogen and oxygen atoms in total. The first kappa shape index (κ1) is 15.0. The van der Waals surface area contributed by atoms with Crippen LogP contribution in [0.4, 0.5) is 0 Å². The van der Waals surface area contributed by atoms with Gasteiger partial charge >= 0.3 is 0 Å². The van der Waals surface area contributed by atoms with Crippen LogP contribution < -0.4 is 10.1 Å². The van der Waals surface area contributed by atoms with Gasteiger partial charge in [0.1, 0.15) is 12.4 Å². The molecule has 1 aromatic heterocycles. The van der Waals surface area contributed by atoms with Crippen molar-refractivity contribution in [1.82, 2.24) is 10.3 Å². The number of nitrogens with zero attached hydrogens (tertiary/aromatic N) is 1. The van der Waals surface area contributed by atoms with Gasteiger partial charge in [0.15, 0.2) is 0 Å². The van der Waals surface area contributed by atoms with Gasteiger partial charge in [-0.3, -0.25) is 0 Å². The summed E-state index contributed by atoms with van der Waals surface area (Å²) in [5.74, 6) is 0.902. The number of nitrogens with one attached hydrogen (secondary N) is 1. The second kappa shape index (κ2) is 7.41. The van der Waals surface area contributed by atoms with Crippen molar-refractivity contribution >= 4 is 11.3 Å². The maximum absolute atomic E-state index is 5.81. The van der Waals surface area contributed by atoms with E-state index in [4.69, 9.17) is 4.74 Å². The van der Waals surface area contributed by atoms with E-state index in [0.717, 1.165) is 24.4 Å². The molecule has 20 heavy (non-hydrogen) atoms. The highest BCUT2D eigenvalue weighted by atomic mass is 32.1. The molecule has 0 fully saturated rings. The molecule has 0 unspecified atom stereocenters. The summed E-state index contributed by atoms with van der Waals surface area (Å²) in [6, 6.07) is 8.71. The minimum Gasteiger partial charge on any atom is -0.487 e. The van der Waals surface area contributed by atoms with Crippen LogP contribution in [0.5, 0.6) is 5.75 Å². The third-order valence-corrected chi connectivity index (χ3v) is 3.94.